The molecule has 0 saturated carbocycles. The van der Waals surface area contributed by atoms with Gasteiger partial charge in [0.05, 0.1) is 0 Å². The highest BCUT2D eigenvalue weighted by Crippen LogP contribution is 2.25. The third-order valence-electron chi connectivity index (χ3n) is 2.15. The summed E-state index contributed by atoms with van der Waals surface area (Å²) in [5.74, 6) is 1.70. The minimum absolute atomic E-state index is 0.829. The Kier molecular flexibility index (Phi) is 3.52. The Balaban J connectivity index is 3.21. The molecule has 74 valence electrons. The molecule has 1 heterocycles. The lowest BCUT2D eigenvalue weighted by molar-refractivity contribution is 0.544. The van der Waals surface area contributed by atoms with Crippen molar-refractivity contribution in [3.05, 3.63) is 41.9 Å². The Morgan fingerprint density at radius 1 is 1.21 bits per heavy atom. The van der Waals surface area contributed by atoms with E-state index < -0.39 is 0 Å². The molecular formula is C13H16O. The molecule has 1 aromatic heterocycles. The zero-order valence-corrected chi connectivity index (χ0v) is 8.84. The highest BCUT2D eigenvalue weighted by molar-refractivity contribution is 5.67. The molecule has 0 saturated heterocycles. The van der Waals surface area contributed by atoms with Gasteiger partial charge in [-0.1, -0.05) is 32.2 Å². The Bertz CT molecular complexity index is 367. The Morgan fingerprint density at radius 3 is 2.43 bits per heavy atom. The van der Waals surface area contributed by atoms with Gasteiger partial charge in [-0.2, -0.15) is 0 Å². The van der Waals surface area contributed by atoms with E-state index in [2.05, 4.69) is 26.2 Å². The van der Waals surface area contributed by atoms with Crippen LogP contribution >= 0.6 is 0 Å². The van der Waals surface area contributed by atoms with Gasteiger partial charge in [0, 0.05) is 11.1 Å². The molecule has 0 aliphatic heterocycles. The fourth-order valence-electron chi connectivity index (χ4n) is 1.36. The summed E-state index contributed by atoms with van der Waals surface area (Å²) in [6.07, 6.45) is 8.60. The molecule has 0 atom stereocenters. The zero-order chi connectivity index (χ0) is 10.6. The fraction of sp³-hybridized carbons (Fsp3) is 0.231. The van der Waals surface area contributed by atoms with Crippen LogP contribution in [-0.4, -0.2) is 0 Å². The lowest BCUT2D eigenvalue weighted by Gasteiger charge is -1.90. The maximum absolute atomic E-state index is 5.61. The van der Waals surface area contributed by atoms with E-state index in [-0.39, 0.29) is 0 Å². The van der Waals surface area contributed by atoms with E-state index in [0.29, 0.717) is 0 Å². The van der Waals surface area contributed by atoms with Crippen molar-refractivity contribution in [1.29, 1.82) is 0 Å². The first kappa shape index (κ1) is 10.6. The molecule has 1 rings (SSSR count). The molecule has 0 aliphatic carbocycles. The van der Waals surface area contributed by atoms with Crippen molar-refractivity contribution in [1.82, 2.24) is 0 Å². The first-order chi connectivity index (χ1) is 6.74. The molecule has 0 amide bonds. The maximum Gasteiger partial charge on any atom is 0.134 e. The summed E-state index contributed by atoms with van der Waals surface area (Å²) in [5.41, 5.74) is 2.16. The lowest BCUT2D eigenvalue weighted by Crippen LogP contribution is -1.75. The summed E-state index contributed by atoms with van der Waals surface area (Å²) in [7, 11) is 0. The van der Waals surface area contributed by atoms with Crippen LogP contribution < -0.4 is 0 Å². The van der Waals surface area contributed by atoms with E-state index in [1.54, 1.807) is 6.08 Å². The van der Waals surface area contributed by atoms with Gasteiger partial charge in [-0.05, 0) is 25.5 Å². The minimum Gasteiger partial charge on any atom is -0.456 e. The molecule has 0 unspecified atom stereocenters. The van der Waals surface area contributed by atoms with Gasteiger partial charge in [0.1, 0.15) is 11.5 Å². The average molecular weight is 188 g/mol. The first-order valence-corrected chi connectivity index (χ1v) is 4.79. The highest BCUT2D eigenvalue weighted by Gasteiger charge is 2.09. The summed E-state index contributed by atoms with van der Waals surface area (Å²) in [5, 5.41) is 0. The third kappa shape index (κ3) is 1.87. The first-order valence-electron chi connectivity index (χ1n) is 4.79. The van der Waals surface area contributed by atoms with Crippen molar-refractivity contribution >= 4 is 18.2 Å². The second-order valence-electron chi connectivity index (χ2n) is 3.09. The third-order valence-corrected chi connectivity index (χ3v) is 2.15. The van der Waals surface area contributed by atoms with Crippen LogP contribution in [0.2, 0.25) is 0 Å². The lowest BCUT2D eigenvalue weighted by atomic mass is 10.1. The van der Waals surface area contributed by atoms with Crippen molar-refractivity contribution in [2.45, 2.75) is 20.3 Å². The molecule has 0 fully saturated rings. The number of hydrogen-bond acceptors (Lipinski definition) is 1. The average Bonchev–Trinajstić information content (AvgIpc) is 2.51. The van der Waals surface area contributed by atoms with Crippen LogP contribution in [-0.2, 0) is 0 Å². The second-order valence-corrected chi connectivity index (χ2v) is 3.09. The van der Waals surface area contributed by atoms with Gasteiger partial charge < -0.3 is 4.42 Å². The van der Waals surface area contributed by atoms with Gasteiger partial charge >= 0.3 is 0 Å². The van der Waals surface area contributed by atoms with Crippen LogP contribution in [0.1, 0.15) is 36.0 Å². The van der Waals surface area contributed by atoms with Crippen LogP contribution in [0.5, 0.6) is 0 Å². The van der Waals surface area contributed by atoms with Gasteiger partial charge in [0.2, 0.25) is 0 Å². The molecular weight excluding hydrogens is 172 g/mol. The number of hydrogen-bond donors (Lipinski definition) is 0. The SMILES string of the molecule is C=Cc1oc(/C=C\CC)c(C=C)c1C. The van der Waals surface area contributed by atoms with Crippen molar-refractivity contribution in [2.24, 2.45) is 0 Å². The van der Waals surface area contributed by atoms with E-state index in [4.69, 9.17) is 4.42 Å². The van der Waals surface area contributed by atoms with E-state index in [0.717, 1.165) is 29.1 Å². The summed E-state index contributed by atoms with van der Waals surface area (Å²) < 4.78 is 5.61. The molecule has 0 radical (unpaired) electrons. The molecule has 14 heavy (non-hydrogen) atoms. The van der Waals surface area contributed by atoms with E-state index in [1.165, 1.54) is 0 Å². The second kappa shape index (κ2) is 4.66. The van der Waals surface area contributed by atoms with Crippen molar-refractivity contribution in [2.75, 3.05) is 0 Å². The molecule has 0 bridgehead atoms. The minimum atomic E-state index is 0.829. The van der Waals surface area contributed by atoms with Crippen LogP contribution in [0.25, 0.3) is 18.2 Å². The Morgan fingerprint density at radius 2 is 1.93 bits per heavy atom. The molecule has 1 heteroatoms. The van der Waals surface area contributed by atoms with Gasteiger partial charge in [-0.3, -0.25) is 0 Å². The normalized spacial score (nSPS) is 10.7. The van der Waals surface area contributed by atoms with Crippen LogP contribution in [0, 0.1) is 6.92 Å². The highest BCUT2D eigenvalue weighted by atomic mass is 16.3. The summed E-state index contributed by atoms with van der Waals surface area (Å²) in [6.45, 7) is 11.6. The van der Waals surface area contributed by atoms with Gasteiger partial charge in [-0.15, -0.1) is 0 Å². The van der Waals surface area contributed by atoms with Gasteiger partial charge in [0.15, 0.2) is 0 Å². The molecule has 1 aromatic rings. The fourth-order valence-corrected chi connectivity index (χ4v) is 1.36. The maximum atomic E-state index is 5.61. The monoisotopic (exact) mass is 188 g/mol. The van der Waals surface area contributed by atoms with Crippen molar-refractivity contribution in [3.8, 4) is 0 Å². The summed E-state index contributed by atoms with van der Waals surface area (Å²) in [4.78, 5) is 0. The topological polar surface area (TPSA) is 13.1 Å². The largest absolute Gasteiger partial charge is 0.456 e. The van der Waals surface area contributed by atoms with E-state index in [1.807, 2.05) is 19.1 Å². The Hall–Kier alpha value is -1.50. The van der Waals surface area contributed by atoms with E-state index >= 15 is 0 Å². The van der Waals surface area contributed by atoms with Crippen molar-refractivity contribution < 1.29 is 4.42 Å². The number of furan rings is 1. The molecule has 0 spiro atoms. The predicted molar refractivity (Wildman–Crippen MR) is 63.0 cm³/mol. The standard InChI is InChI=1S/C13H16O/c1-5-8-9-13-11(6-2)10(4)12(7-3)14-13/h6-9H,2-3,5H2,1,4H3/b9-8-. The predicted octanol–water partition coefficient (Wildman–Crippen LogP) is 4.30. The molecule has 1 nitrogen and oxygen atoms in total. The van der Waals surface area contributed by atoms with Gasteiger partial charge in [-0.25, -0.2) is 0 Å². The van der Waals surface area contributed by atoms with Gasteiger partial charge in [0.25, 0.3) is 0 Å². The number of allylic oxidation sites excluding steroid dienone is 1. The van der Waals surface area contributed by atoms with Crippen molar-refractivity contribution in [3.63, 3.8) is 0 Å². The zero-order valence-electron chi connectivity index (χ0n) is 8.84. The number of rotatable bonds is 4. The Labute approximate surface area is 85.4 Å². The quantitative estimate of drug-likeness (QED) is 0.686. The van der Waals surface area contributed by atoms with E-state index in [9.17, 15) is 0 Å². The molecule has 0 aromatic carbocycles. The smallest absolute Gasteiger partial charge is 0.134 e. The summed E-state index contributed by atoms with van der Waals surface area (Å²) >= 11 is 0. The molecule has 0 N–H and O–H groups in total. The van der Waals surface area contributed by atoms with Crippen LogP contribution in [0.15, 0.2) is 23.7 Å². The van der Waals surface area contributed by atoms with Crippen LogP contribution in [0.3, 0.4) is 0 Å². The molecule has 0 aliphatic rings. The summed E-state index contributed by atoms with van der Waals surface area (Å²) in [6, 6.07) is 0. The van der Waals surface area contributed by atoms with Crippen LogP contribution in [0.4, 0.5) is 0 Å².